The van der Waals surface area contributed by atoms with Gasteiger partial charge < -0.3 is 9.84 Å². The number of esters is 1. The Morgan fingerprint density at radius 2 is 2.27 bits per heavy atom. The molecule has 0 aromatic carbocycles. The standard InChI is InChI=1S/C8H10O3/c9-6-3-1-4-5(2-3)8(10)11-7(4)6/h3-7,9H,1-2H2/t3-,4-,5-,6+,7-/m1/s1. The van der Waals surface area contributed by atoms with E-state index < -0.39 is 0 Å². The molecule has 5 atom stereocenters. The van der Waals surface area contributed by atoms with Gasteiger partial charge in [-0.15, -0.1) is 0 Å². The van der Waals surface area contributed by atoms with Crippen LogP contribution in [0.5, 0.6) is 0 Å². The van der Waals surface area contributed by atoms with Crippen LogP contribution >= 0.6 is 0 Å². The minimum absolute atomic E-state index is 0.0703. The quantitative estimate of drug-likeness (QED) is 0.497. The molecule has 3 fully saturated rings. The molecule has 1 saturated heterocycles. The van der Waals surface area contributed by atoms with Crippen molar-refractivity contribution in [3.05, 3.63) is 0 Å². The number of hydrogen-bond acceptors (Lipinski definition) is 3. The van der Waals surface area contributed by atoms with Crippen LogP contribution in [0.15, 0.2) is 0 Å². The number of rotatable bonds is 0. The fourth-order valence-corrected chi connectivity index (χ4v) is 2.92. The van der Waals surface area contributed by atoms with Gasteiger partial charge in [-0.1, -0.05) is 0 Å². The lowest BCUT2D eigenvalue weighted by Crippen LogP contribution is -2.31. The van der Waals surface area contributed by atoms with Gasteiger partial charge in [0.15, 0.2) is 0 Å². The number of aliphatic hydroxyl groups is 1. The van der Waals surface area contributed by atoms with Crippen molar-refractivity contribution in [2.45, 2.75) is 25.0 Å². The largest absolute Gasteiger partial charge is 0.459 e. The SMILES string of the molecule is O=C1O[C@H]2[C@@H](O)[C@@H]3C[C@@H]2[C@H]1C3. The summed E-state index contributed by atoms with van der Waals surface area (Å²) in [6, 6.07) is 0. The average Bonchev–Trinajstić information content (AvgIpc) is 2.53. The zero-order chi connectivity index (χ0) is 7.59. The van der Waals surface area contributed by atoms with Crippen LogP contribution in [0.25, 0.3) is 0 Å². The molecular weight excluding hydrogens is 144 g/mol. The van der Waals surface area contributed by atoms with Crippen molar-refractivity contribution < 1.29 is 14.6 Å². The van der Waals surface area contributed by atoms with Gasteiger partial charge in [-0.3, -0.25) is 4.79 Å². The topological polar surface area (TPSA) is 46.5 Å². The Labute approximate surface area is 64.3 Å². The first-order chi connectivity index (χ1) is 5.27. The van der Waals surface area contributed by atoms with Crippen molar-refractivity contribution in [2.24, 2.45) is 17.8 Å². The number of fused-ring (bicyclic) bond motifs is 1. The Morgan fingerprint density at radius 3 is 2.91 bits per heavy atom. The average molecular weight is 154 g/mol. The lowest BCUT2D eigenvalue weighted by Gasteiger charge is -2.19. The molecule has 2 saturated carbocycles. The van der Waals surface area contributed by atoms with Crippen molar-refractivity contribution in [3.8, 4) is 0 Å². The maximum absolute atomic E-state index is 11.1. The van der Waals surface area contributed by atoms with Crippen molar-refractivity contribution in [1.29, 1.82) is 0 Å². The predicted octanol–water partition coefficient (Wildman–Crippen LogP) is -0.0713. The summed E-state index contributed by atoms with van der Waals surface area (Å²) in [7, 11) is 0. The molecule has 3 aliphatic rings. The Morgan fingerprint density at radius 1 is 1.45 bits per heavy atom. The molecule has 0 amide bonds. The van der Waals surface area contributed by atoms with Gasteiger partial charge in [0, 0.05) is 5.92 Å². The summed E-state index contributed by atoms with van der Waals surface area (Å²) >= 11 is 0. The molecule has 0 aromatic rings. The van der Waals surface area contributed by atoms with Crippen molar-refractivity contribution in [1.82, 2.24) is 0 Å². The Kier molecular flexibility index (Phi) is 0.876. The van der Waals surface area contributed by atoms with E-state index in [2.05, 4.69) is 0 Å². The third-order valence-electron chi connectivity index (χ3n) is 3.44. The molecular formula is C8H10O3. The highest BCUT2D eigenvalue weighted by molar-refractivity contribution is 5.76. The molecule has 0 radical (unpaired) electrons. The molecule has 2 bridgehead atoms. The van der Waals surface area contributed by atoms with Crippen LogP contribution in [0.1, 0.15) is 12.8 Å². The number of carbonyl (C=O) groups is 1. The predicted molar refractivity (Wildman–Crippen MR) is 35.6 cm³/mol. The molecule has 11 heavy (non-hydrogen) atoms. The lowest BCUT2D eigenvalue weighted by molar-refractivity contribution is -0.145. The highest BCUT2D eigenvalue weighted by atomic mass is 16.6. The molecule has 0 aromatic heterocycles. The first-order valence-corrected chi connectivity index (χ1v) is 4.16. The summed E-state index contributed by atoms with van der Waals surface area (Å²) in [5, 5.41) is 9.55. The molecule has 3 nitrogen and oxygen atoms in total. The summed E-state index contributed by atoms with van der Waals surface area (Å²) in [6.07, 6.45) is 1.36. The molecule has 3 heteroatoms. The number of carbonyl (C=O) groups excluding carboxylic acids is 1. The first-order valence-electron chi connectivity index (χ1n) is 4.16. The summed E-state index contributed by atoms with van der Waals surface area (Å²) in [5.74, 6) is 0.761. The van der Waals surface area contributed by atoms with Crippen molar-refractivity contribution in [2.75, 3.05) is 0 Å². The monoisotopic (exact) mass is 154 g/mol. The van der Waals surface area contributed by atoms with Crippen LogP contribution in [-0.2, 0) is 9.53 Å². The fourth-order valence-electron chi connectivity index (χ4n) is 2.92. The highest BCUT2D eigenvalue weighted by Crippen LogP contribution is 2.54. The van der Waals surface area contributed by atoms with E-state index in [9.17, 15) is 9.90 Å². The second-order valence-electron chi connectivity index (χ2n) is 3.89. The van der Waals surface area contributed by atoms with Crippen molar-refractivity contribution >= 4 is 5.97 Å². The van der Waals surface area contributed by atoms with Gasteiger partial charge in [-0.05, 0) is 18.8 Å². The van der Waals surface area contributed by atoms with E-state index in [1.807, 2.05) is 0 Å². The van der Waals surface area contributed by atoms with E-state index in [0.717, 1.165) is 12.8 Å². The summed E-state index contributed by atoms with van der Waals surface area (Å²) < 4.78 is 5.06. The molecule has 60 valence electrons. The number of ether oxygens (including phenoxy) is 1. The molecule has 0 unspecified atom stereocenters. The zero-order valence-electron chi connectivity index (χ0n) is 6.06. The molecule has 0 spiro atoms. The number of hydrogen-bond donors (Lipinski definition) is 1. The van der Waals surface area contributed by atoms with Crippen LogP contribution in [0, 0.1) is 17.8 Å². The van der Waals surface area contributed by atoms with Gasteiger partial charge in [0.25, 0.3) is 0 Å². The molecule has 2 aliphatic carbocycles. The van der Waals surface area contributed by atoms with Crippen molar-refractivity contribution in [3.63, 3.8) is 0 Å². The fraction of sp³-hybridized carbons (Fsp3) is 0.875. The normalized spacial score (nSPS) is 58.6. The van der Waals surface area contributed by atoms with Crippen LogP contribution < -0.4 is 0 Å². The molecule has 1 heterocycles. The molecule has 1 N–H and O–H groups in total. The second kappa shape index (κ2) is 1.61. The Bertz CT molecular complexity index is 225. The maximum Gasteiger partial charge on any atom is 0.309 e. The third-order valence-corrected chi connectivity index (χ3v) is 3.44. The smallest absolute Gasteiger partial charge is 0.309 e. The first kappa shape index (κ1) is 6.00. The van der Waals surface area contributed by atoms with E-state index >= 15 is 0 Å². The van der Waals surface area contributed by atoms with Gasteiger partial charge in [-0.25, -0.2) is 0 Å². The Balaban J connectivity index is 2.04. The molecule has 1 aliphatic heterocycles. The second-order valence-corrected chi connectivity index (χ2v) is 3.89. The summed E-state index contributed by atoms with van der Waals surface area (Å²) in [4.78, 5) is 11.1. The Hall–Kier alpha value is -0.570. The zero-order valence-corrected chi connectivity index (χ0v) is 6.06. The van der Waals surface area contributed by atoms with Crippen LogP contribution in [0.3, 0.4) is 0 Å². The third kappa shape index (κ3) is 0.527. The van der Waals surface area contributed by atoms with Gasteiger partial charge in [-0.2, -0.15) is 0 Å². The van der Waals surface area contributed by atoms with Gasteiger partial charge >= 0.3 is 5.97 Å². The highest BCUT2D eigenvalue weighted by Gasteiger charge is 2.61. The summed E-state index contributed by atoms with van der Waals surface area (Å²) in [5.41, 5.74) is 0. The van der Waals surface area contributed by atoms with Gasteiger partial charge in [0.2, 0.25) is 0 Å². The van der Waals surface area contributed by atoms with E-state index in [4.69, 9.17) is 4.74 Å². The molecule has 3 rings (SSSR count). The van der Waals surface area contributed by atoms with E-state index in [0.29, 0.717) is 11.8 Å². The van der Waals surface area contributed by atoms with Crippen LogP contribution in [0.4, 0.5) is 0 Å². The minimum Gasteiger partial charge on any atom is -0.459 e. The van der Waals surface area contributed by atoms with E-state index in [-0.39, 0.29) is 24.1 Å². The number of aliphatic hydroxyl groups excluding tert-OH is 1. The van der Waals surface area contributed by atoms with E-state index in [1.165, 1.54) is 0 Å². The van der Waals surface area contributed by atoms with Crippen LogP contribution in [0.2, 0.25) is 0 Å². The van der Waals surface area contributed by atoms with Gasteiger partial charge in [0.05, 0.1) is 12.0 Å². The lowest BCUT2D eigenvalue weighted by atomic mass is 9.88. The maximum atomic E-state index is 11.1. The minimum atomic E-state index is -0.359. The van der Waals surface area contributed by atoms with Crippen LogP contribution in [-0.4, -0.2) is 23.3 Å². The summed E-state index contributed by atoms with van der Waals surface area (Å²) in [6.45, 7) is 0. The van der Waals surface area contributed by atoms with E-state index in [1.54, 1.807) is 0 Å². The van der Waals surface area contributed by atoms with Gasteiger partial charge in [0.1, 0.15) is 6.10 Å².